The molecular weight excluding hydrogens is 1040 g/mol. The van der Waals surface area contributed by atoms with Gasteiger partial charge >= 0.3 is 0 Å². The summed E-state index contributed by atoms with van der Waals surface area (Å²) in [5.74, 6) is 0. The average Bonchev–Trinajstić information content (AvgIpc) is 1.38. The lowest BCUT2D eigenvalue weighted by molar-refractivity contribution is 0.195. The topological polar surface area (TPSA) is 22.9 Å². The van der Waals surface area contributed by atoms with Gasteiger partial charge in [-0.25, -0.2) is 0 Å². The Kier molecular flexibility index (Phi) is 10.9. The zero-order valence-corrected chi connectivity index (χ0v) is 52.0. The van der Waals surface area contributed by atoms with Crippen molar-refractivity contribution in [2.24, 2.45) is 0 Å². The van der Waals surface area contributed by atoms with E-state index in [0.717, 1.165) is 53.3 Å². The summed E-state index contributed by atoms with van der Waals surface area (Å²) < 4.78 is 9.86. The zero-order valence-electron chi connectivity index (χ0n) is 51.1. The number of fused-ring (bicyclic) bond motifs is 15. The summed E-state index contributed by atoms with van der Waals surface area (Å²) in [7, 11) is 0. The van der Waals surface area contributed by atoms with Gasteiger partial charge in [0.15, 0.2) is 5.58 Å². The minimum atomic E-state index is -0.215. The molecule has 0 radical (unpaired) electrons. The largest absolute Gasteiger partial charge is 0.454 e. The van der Waals surface area contributed by atoms with E-state index in [1.165, 1.54) is 128 Å². The van der Waals surface area contributed by atoms with Crippen LogP contribution in [0.2, 0.25) is 0 Å². The molecule has 1 saturated carbocycles. The van der Waals surface area contributed by atoms with Crippen molar-refractivity contribution in [1.29, 1.82) is 0 Å². The number of rotatable bonds is 4. The molecule has 418 valence electrons. The molecule has 5 aliphatic rings. The van der Waals surface area contributed by atoms with E-state index in [9.17, 15) is 0 Å². The van der Waals surface area contributed by atoms with Crippen molar-refractivity contribution in [3.63, 3.8) is 0 Å². The van der Waals surface area contributed by atoms with Crippen molar-refractivity contribution in [2.45, 2.75) is 154 Å². The highest BCUT2D eigenvalue weighted by molar-refractivity contribution is 7.26. The van der Waals surface area contributed by atoms with Crippen molar-refractivity contribution >= 4 is 122 Å². The standard InChI is InChI=1S/C78H76BN3OS/c1-73(2,3)48-31-34-60(54(41-48)47-23-14-13-15-24-47)81-65-44-50(82-61-35-32-49(74(4,5)6)42-57(61)77(11)37-20-21-38-78(77,82)12)43-64-70(65)79(58-33-36-68-69(71(58)81)53-26-17-19-30-67(53)84-68)59-45-55-56(76(9,10)40-39-75(55,7)8)46-63(59)80(64)62-28-22-27-52-51-25-16-18-29-66(51)83-72(52)62/h13-19,22-36,41-46H,20-21,37-40H2,1-12H3. The number of hydrogen-bond acceptors (Lipinski definition) is 5. The maximum atomic E-state index is 7.23. The SMILES string of the molecule is CC(C)(C)c1ccc(N2c3cc(N4c5ccc(C(C)(C)C)cc5C5(C)CCCCC45C)cc4c3B(c3cc5c(cc3N4c3cccc4c3oc3ccccc34)C(C)(C)CCC5(C)C)c3ccc4sc5ccccc5c4c32)c(-c2ccccc2)c1. The van der Waals surface area contributed by atoms with E-state index in [1.807, 2.05) is 11.3 Å². The van der Waals surface area contributed by atoms with Crippen molar-refractivity contribution in [2.75, 3.05) is 14.7 Å². The Balaban J connectivity index is 1.11. The van der Waals surface area contributed by atoms with E-state index >= 15 is 0 Å². The minimum Gasteiger partial charge on any atom is -0.454 e. The van der Waals surface area contributed by atoms with Crippen LogP contribution in [0.4, 0.5) is 45.5 Å². The van der Waals surface area contributed by atoms with Gasteiger partial charge in [0.05, 0.1) is 22.6 Å². The second kappa shape index (κ2) is 17.5. The van der Waals surface area contributed by atoms with Crippen molar-refractivity contribution in [1.82, 2.24) is 0 Å². The third kappa shape index (κ3) is 7.19. The molecule has 2 atom stereocenters. The highest BCUT2D eigenvalue weighted by Gasteiger charge is 2.59. The van der Waals surface area contributed by atoms with Gasteiger partial charge in [-0.05, 0) is 165 Å². The number of thiophene rings is 1. The van der Waals surface area contributed by atoms with Crippen molar-refractivity contribution in [3.05, 3.63) is 198 Å². The first-order valence-corrected chi connectivity index (χ1v) is 31.9. The van der Waals surface area contributed by atoms with Crippen LogP contribution in [0.25, 0.3) is 53.2 Å². The van der Waals surface area contributed by atoms with E-state index in [2.05, 4.69) is 268 Å². The normalized spacial score (nSPS) is 20.3. The summed E-state index contributed by atoms with van der Waals surface area (Å²) in [5.41, 5.74) is 24.8. The number of hydrogen-bond donors (Lipinski definition) is 0. The van der Waals surface area contributed by atoms with Gasteiger partial charge in [-0.2, -0.15) is 0 Å². The molecule has 3 aliphatic heterocycles. The van der Waals surface area contributed by atoms with Gasteiger partial charge in [0.25, 0.3) is 6.71 Å². The quantitative estimate of drug-likeness (QED) is 0.164. The zero-order chi connectivity index (χ0) is 57.8. The van der Waals surface area contributed by atoms with Gasteiger partial charge < -0.3 is 19.1 Å². The maximum absolute atomic E-state index is 7.23. The fourth-order valence-corrected chi connectivity index (χ4v) is 17.6. The monoisotopic (exact) mass is 1110 g/mol. The van der Waals surface area contributed by atoms with Crippen LogP contribution in [0.3, 0.4) is 0 Å². The Bertz CT molecular complexity index is 4600. The lowest BCUT2D eigenvalue weighted by atomic mass is 9.33. The van der Waals surface area contributed by atoms with Crippen LogP contribution in [0.5, 0.6) is 0 Å². The van der Waals surface area contributed by atoms with Crippen LogP contribution in [-0.4, -0.2) is 12.3 Å². The summed E-state index contributed by atoms with van der Waals surface area (Å²) in [6, 6.07) is 66.5. The van der Waals surface area contributed by atoms with E-state index in [-0.39, 0.29) is 39.3 Å². The Hall–Kier alpha value is -7.54. The summed E-state index contributed by atoms with van der Waals surface area (Å²) >= 11 is 1.93. The van der Waals surface area contributed by atoms with Gasteiger partial charge in [0.1, 0.15) is 5.58 Å². The van der Waals surface area contributed by atoms with Gasteiger partial charge in [0, 0.05) is 70.4 Å². The van der Waals surface area contributed by atoms with Crippen LogP contribution in [0.1, 0.15) is 149 Å². The van der Waals surface area contributed by atoms with Crippen LogP contribution in [-0.2, 0) is 27.1 Å². The first-order valence-electron chi connectivity index (χ1n) is 31.1. The smallest absolute Gasteiger partial charge is 0.252 e. The molecule has 16 rings (SSSR count). The predicted octanol–water partition coefficient (Wildman–Crippen LogP) is 20.4. The molecule has 0 bridgehead atoms. The van der Waals surface area contributed by atoms with Gasteiger partial charge in [0.2, 0.25) is 0 Å². The van der Waals surface area contributed by atoms with Gasteiger partial charge in [-0.3, -0.25) is 0 Å². The molecule has 6 heteroatoms. The van der Waals surface area contributed by atoms with E-state index in [0.29, 0.717) is 0 Å². The predicted molar refractivity (Wildman–Crippen MR) is 362 cm³/mol. The Labute approximate surface area is 501 Å². The molecule has 0 spiro atoms. The lowest BCUT2D eigenvalue weighted by Crippen LogP contribution is -2.62. The molecule has 2 unspecified atom stereocenters. The summed E-state index contributed by atoms with van der Waals surface area (Å²) in [5, 5.41) is 4.91. The fraction of sp³-hybridized carbons (Fsp3) is 0.308. The van der Waals surface area contributed by atoms with Crippen LogP contribution in [0.15, 0.2) is 174 Å². The van der Waals surface area contributed by atoms with E-state index in [4.69, 9.17) is 4.42 Å². The molecule has 0 amide bonds. The molecular formula is C78H76BN3OS. The number of nitrogens with zero attached hydrogens (tertiary/aromatic N) is 3. The minimum absolute atomic E-state index is 0.00741. The van der Waals surface area contributed by atoms with Gasteiger partial charge in [-0.1, -0.05) is 198 Å². The van der Waals surface area contributed by atoms with Gasteiger partial charge in [-0.15, -0.1) is 11.3 Å². The lowest BCUT2D eigenvalue weighted by Gasteiger charge is -2.51. The summed E-state index contributed by atoms with van der Waals surface area (Å²) in [6.45, 7) is 29.3. The third-order valence-electron chi connectivity index (χ3n) is 21.6. The second-order valence-electron chi connectivity index (χ2n) is 29.4. The van der Waals surface area contributed by atoms with E-state index in [1.54, 1.807) is 0 Å². The fourth-order valence-electron chi connectivity index (χ4n) is 16.5. The first-order chi connectivity index (χ1) is 40.1. The van der Waals surface area contributed by atoms with Crippen molar-refractivity contribution < 1.29 is 4.42 Å². The molecule has 4 nitrogen and oxygen atoms in total. The molecule has 2 aromatic heterocycles. The van der Waals surface area contributed by atoms with Crippen molar-refractivity contribution in [3.8, 4) is 11.1 Å². The Morgan fingerprint density at radius 1 is 0.476 bits per heavy atom. The number of furan rings is 1. The number of anilines is 8. The molecule has 2 aliphatic carbocycles. The van der Waals surface area contributed by atoms with Crippen LogP contribution in [0, 0.1) is 0 Å². The average molecular weight is 1110 g/mol. The maximum Gasteiger partial charge on any atom is 0.252 e. The molecule has 0 N–H and O–H groups in total. The first kappa shape index (κ1) is 52.1. The Morgan fingerprint density at radius 2 is 1.12 bits per heavy atom. The third-order valence-corrected chi connectivity index (χ3v) is 22.7. The van der Waals surface area contributed by atoms with Crippen LogP contribution < -0.4 is 31.1 Å². The molecule has 5 heterocycles. The molecule has 0 saturated heterocycles. The molecule has 1 fully saturated rings. The second-order valence-corrected chi connectivity index (χ2v) is 30.5. The summed E-state index contributed by atoms with van der Waals surface area (Å²) in [6.07, 6.45) is 6.92. The number of para-hydroxylation sites is 2. The van der Waals surface area contributed by atoms with E-state index < -0.39 is 0 Å². The highest BCUT2D eigenvalue weighted by Crippen LogP contribution is 2.63. The molecule has 11 aromatic rings. The summed E-state index contributed by atoms with van der Waals surface area (Å²) in [4.78, 5) is 8.30. The Morgan fingerprint density at radius 3 is 1.87 bits per heavy atom. The number of benzene rings is 9. The molecule has 84 heavy (non-hydrogen) atoms. The molecule has 9 aromatic carbocycles. The highest BCUT2D eigenvalue weighted by atomic mass is 32.1. The van der Waals surface area contributed by atoms with Crippen LogP contribution >= 0.6 is 11.3 Å².